The highest BCUT2D eigenvalue weighted by atomic mass is 35.5. The van der Waals surface area contributed by atoms with Crippen LogP contribution in [0.15, 0.2) is 94.9 Å². The fraction of sp³-hybridized carbons (Fsp3) is 0. The van der Waals surface area contributed by atoms with E-state index in [9.17, 15) is 0 Å². The lowest BCUT2D eigenvalue weighted by Gasteiger charge is -2.24. The molecule has 4 aromatic carbocycles. The minimum absolute atomic E-state index is 0.455. The number of aliphatic imine (C=N–C) groups is 2. The first-order valence-corrected chi connectivity index (χ1v) is 11.3. The first-order chi connectivity index (χ1) is 15.5. The average Bonchev–Trinajstić information content (AvgIpc) is 2.80. The highest BCUT2D eigenvalue weighted by molar-refractivity contribution is 6.58. The summed E-state index contributed by atoms with van der Waals surface area (Å²) >= 11 is 25.8. The largest absolute Gasteiger partial charge is 0.243 e. The number of fused-ring (bicyclic) bond motifs is 3. The average molecular weight is 496 g/mol. The van der Waals surface area contributed by atoms with Crippen molar-refractivity contribution in [2.24, 2.45) is 9.98 Å². The van der Waals surface area contributed by atoms with E-state index in [0.717, 1.165) is 22.3 Å². The van der Waals surface area contributed by atoms with Crippen molar-refractivity contribution in [1.29, 1.82) is 0 Å². The molecule has 0 saturated carbocycles. The Morgan fingerprint density at radius 1 is 0.375 bits per heavy atom. The van der Waals surface area contributed by atoms with Gasteiger partial charge < -0.3 is 0 Å². The molecule has 0 saturated heterocycles. The molecule has 6 heteroatoms. The topological polar surface area (TPSA) is 24.7 Å². The minimum atomic E-state index is 0.455. The second-order valence-corrected chi connectivity index (χ2v) is 8.78. The number of rotatable bonds is 2. The Morgan fingerprint density at radius 2 is 0.688 bits per heavy atom. The van der Waals surface area contributed by atoms with Crippen molar-refractivity contribution in [2.75, 3.05) is 0 Å². The normalized spacial score (nSPS) is 15.0. The molecule has 0 atom stereocenters. The summed E-state index contributed by atoms with van der Waals surface area (Å²) in [6.07, 6.45) is 0. The van der Waals surface area contributed by atoms with Gasteiger partial charge in [-0.1, -0.05) is 107 Å². The zero-order chi connectivity index (χ0) is 22.2. The Morgan fingerprint density at radius 3 is 1.03 bits per heavy atom. The van der Waals surface area contributed by atoms with E-state index in [1.165, 1.54) is 0 Å². The number of hydrogen-bond donors (Lipinski definition) is 0. The summed E-state index contributed by atoms with van der Waals surface area (Å²) < 4.78 is 0. The number of benzene rings is 4. The van der Waals surface area contributed by atoms with Gasteiger partial charge in [0.2, 0.25) is 0 Å². The molecule has 0 heterocycles. The predicted octanol–water partition coefficient (Wildman–Crippen LogP) is 9.22. The highest BCUT2D eigenvalue weighted by Crippen LogP contribution is 2.40. The first kappa shape index (κ1) is 21.2. The van der Waals surface area contributed by atoms with Gasteiger partial charge >= 0.3 is 0 Å². The number of halogens is 4. The lowest BCUT2D eigenvalue weighted by Crippen LogP contribution is -2.23. The molecule has 0 spiro atoms. The molecule has 0 bridgehead atoms. The van der Waals surface area contributed by atoms with Gasteiger partial charge in [0.1, 0.15) is 11.4 Å². The van der Waals surface area contributed by atoms with Crippen molar-refractivity contribution in [3.63, 3.8) is 0 Å². The van der Waals surface area contributed by atoms with Crippen LogP contribution in [0.5, 0.6) is 0 Å². The maximum absolute atomic E-state index is 6.46. The van der Waals surface area contributed by atoms with Gasteiger partial charge in [-0.05, 0) is 35.4 Å². The molecule has 0 aliphatic heterocycles. The summed E-state index contributed by atoms with van der Waals surface area (Å²) in [6, 6.07) is 26.7. The Labute approximate surface area is 205 Å². The molecule has 5 rings (SSSR count). The molecule has 2 nitrogen and oxygen atoms in total. The zero-order valence-electron chi connectivity index (χ0n) is 16.5. The van der Waals surface area contributed by atoms with Crippen molar-refractivity contribution in [3.8, 4) is 11.1 Å². The van der Waals surface area contributed by atoms with E-state index in [2.05, 4.69) is 12.1 Å². The fourth-order valence-corrected chi connectivity index (χ4v) is 4.71. The van der Waals surface area contributed by atoms with Crippen LogP contribution in [0.2, 0.25) is 20.1 Å². The van der Waals surface area contributed by atoms with Crippen LogP contribution in [0.25, 0.3) is 11.1 Å². The molecule has 32 heavy (non-hydrogen) atoms. The number of para-hydroxylation sites is 2. The lowest BCUT2D eigenvalue weighted by atomic mass is 9.82. The van der Waals surface area contributed by atoms with Crippen LogP contribution in [-0.2, 0) is 0 Å². The number of nitrogens with zero attached hydrogens (tertiary/aromatic N) is 2. The second-order valence-electron chi connectivity index (χ2n) is 7.15. The van der Waals surface area contributed by atoms with Gasteiger partial charge in [-0.15, -0.1) is 0 Å². The molecule has 0 fully saturated rings. The third-order valence-corrected chi connectivity index (χ3v) is 6.42. The molecule has 0 amide bonds. The Balaban J connectivity index is 1.87. The summed E-state index contributed by atoms with van der Waals surface area (Å²) in [6.45, 7) is 0. The van der Waals surface area contributed by atoms with Gasteiger partial charge in [0.05, 0.1) is 31.5 Å². The van der Waals surface area contributed by atoms with E-state index < -0.39 is 0 Å². The molecule has 0 N–H and O–H groups in total. The molecule has 4 aromatic rings. The molecular formula is C26H14Cl4N2. The maximum Gasteiger partial charge on any atom is 0.101 e. The second kappa shape index (κ2) is 8.73. The van der Waals surface area contributed by atoms with Crippen LogP contribution in [-0.4, -0.2) is 11.4 Å². The van der Waals surface area contributed by atoms with Crippen molar-refractivity contribution >= 4 is 69.2 Å². The smallest absolute Gasteiger partial charge is 0.101 e. The van der Waals surface area contributed by atoms with Crippen molar-refractivity contribution in [3.05, 3.63) is 116 Å². The molecule has 1 aliphatic rings. The van der Waals surface area contributed by atoms with E-state index in [0.29, 0.717) is 42.9 Å². The van der Waals surface area contributed by atoms with E-state index in [1.807, 2.05) is 36.4 Å². The van der Waals surface area contributed by atoms with Crippen LogP contribution in [0.4, 0.5) is 11.4 Å². The van der Waals surface area contributed by atoms with E-state index in [4.69, 9.17) is 56.4 Å². The third kappa shape index (κ3) is 3.74. The molecule has 1 aliphatic carbocycles. The van der Waals surface area contributed by atoms with Crippen LogP contribution >= 0.6 is 46.4 Å². The van der Waals surface area contributed by atoms with Gasteiger partial charge in [0, 0.05) is 11.1 Å². The van der Waals surface area contributed by atoms with Crippen LogP contribution in [0.1, 0.15) is 11.1 Å². The SMILES string of the molecule is Clc1cccc(Cl)c1N=C1C(=Nc2c(Cl)cccc2Cl)c2ccccc2-c2ccccc21. The van der Waals surface area contributed by atoms with Crippen molar-refractivity contribution in [1.82, 2.24) is 0 Å². The summed E-state index contributed by atoms with van der Waals surface area (Å²) in [4.78, 5) is 9.86. The maximum atomic E-state index is 6.46. The minimum Gasteiger partial charge on any atom is -0.243 e. The van der Waals surface area contributed by atoms with Crippen molar-refractivity contribution in [2.45, 2.75) is 0 Å². The molecule has 0 unspecified atom stereocenters. The molecular weight excluding hydrogens is 482 g/mol. The van der Waals surface area contributed by atoms with Crippen LogP contribution in [0, 0.1) is 0 Å². The quantitative estimate of drug-likeness (QED) is 0.264. The Bertz CT molecular complexity index is 1270. The van der Waals surface area contributed by atoms with Gasteiger partial charge in [0.15, 0.2) is 0 Å². The van der Waals surface area contributed by atoms with Gasteiger partial charge in [-0.3, -0.25) is 0 Å². The monoisotopic (exact) mass is 494 g/mol. The zero-order valence-corrected chi connectivity index (χ0v) is 19.5. The van der Waals surface area contributed by atoms with Crippen molar-refractivity contribution < 1.29 is 0 Å². The van der Waals surface area contributed by atoms with E-state index >= 15 is 0 Å². The third-order valence-electron chi connectivity index (χ3n) is 5.20. The van der Waals surface area contributed by atoms with Gasteiger partial charge in [0.25, 0.3) is 0 Å². The Kier molecular flexibility index (Phi) is 5.79. The summed E-state index contributed by atoms with van der Waals surface area (Å²) in [7, 11) is 0. The van der Waals surface area contributed by atoms with E-state index in [1.54, 1.807) is 36.4 Å². The summed E-state index contributed by atoms with van der Waals surface area (Å²) in [5, 5.41) is 1.82. The number of hydrogen-bond acceptors (Lipinski definition) is 2. The fourth-order valence-electron chi connectivity index (χ4n) is 3.75. The van der Waals surface area contributed by atoms with Crippen LogP contribution in [0.3, 0.4) is 0 Å². The highest BCUT2D eigenvalue weighted by Gasteiger charge is 2.28. The summed E-state index contributed by atoms with van der Waals surface area (Å²) in [5.41, 5.74) is 6.20. The summed E-state index contributed by atoms with van der Waals surface area (Å²) in [5.74, 6) is 0. The first-order valence-electron chi connectivity index (χ1n) is 9.79. The predicted molar refractivity (Wildman–Crippen MR) is 137 cm³/mol. The van der Waals surface area contributed by atoms with E-state index in [-0.39, 0.29) is 0 Å². The Hall–Kier alpha value is -2.62. The van der Waals surface area contributed by atoms with Crippen LogP contribution < -0.4 is 0 Å². The lowest BCUT2D eigenvalue weighted by molar-refractivity contribution is 1.45. The standard InChI is InChI=1S/C26H14Cl4N2/c27-19-11-5-12-20(28)25(19)31-23-17-9-3-1-7-15(17)16-8-2-4-10-18(16)24(23)32-26-21(29)13-6-14-22(26)30/h1-14H. The van der Waals surface area contributed by atoms with Gasteiger partial charge in [-0.25, -0.2) is 9.98 Å². The molecule has 0 radical (unpaired) electrons. The molecule has 156 valence electrons. The van der Waals surface area contributed by atoms with Gasteiger partial charge in [-0.2, -0.15) is 0 Å². The molecule has 0 aromatic heterocycles.